The predicted molar refractivity (Wildman–Crippen MR) is 73.6 cm³/mol. The molecule has 0 unspecified atom stereocenters. The molecule has 20 heavy (non-hydrogen) atoms. The van der Waals surface area contributed by atoms with Crippen molar-refractivity contribution < 1.29 is 14.4 Å². The van der Waals surface area contributed by atoms with Crippen LogP contribution in [0.2, 0.25) is 0 Å². The Morgan fingerprint density at radius 1 is 1.10 bits per heavy atom. The van der Waals surface area contributed by atoms with E-state index in [0.29, 0.717) is 10.6 Å². The summed E-state index contributed by atoms with van der Waals surface area (Å²) in [6, 6.07) is 3.64. The topological polar surface area (TPSA) is 114 Å². The van der Waals surface area contributed by atoms with Crippen molar-refractivity contribution >= 4 is 34.2 Å². The van der Waals surface area contributed by atoms with Gasteiger partial charge in [0.15, 0.2) is 0 Å². The Labute approximate surface area is 117 Å². The molecule has 0 spiro atoms. The van der Waals surface area contributed by atoms with Crippen LogP contribution < -0.4 is 16.4 Å². The van der Waals surface area contributed by atoms with E-state index in [-0.39, 0.29) is 11.5 Å². The Morgan fingerprint density at radius 3 is 2.45 bits per heavy atom. The highest BCUT2D eigenvalue weighted by molar-refractivity contribution is 7.14. The maximum absolute atomic E-state index is 12.0. The maximum atomic E-state index is 12.0. The number of urea groups is 1. The van der Waals surface area contributed by atoms with Gasteiger partial charge in [-0.2, -0.15) is 0 Å². The summed E-state index contributed by atoms with van der Waals surface area (Å²) < 4.78 is 0. The summed E-state index contributed by atoms with van der Waals surface area (Å²) in [5, 5.41) is 6.51. The highest BCUT2D eigenvalue weighted by Crippen LogP contribution is 2.23. The fourth-order valence-electron chi connectivity index (χ4n) is 1.44. The number of carbonyl (C=O) groups is 3. The number of nitrogens with two attached hydrogens (primary N) is 1. The molecule has 0 aliphatic rings. The lowest BCUT2D eigenvalue weighted by Crippen LogP contribution is -2.35. The summed E-state index contributed by atoms with van der Waals surface area (Å²) in [6.07, 6.45) is 2.98. The summed E-state index contributed by atoms with van der Waals surface area (Å²) in [5.74, 6) is -1.04. The number of thiophene rings is 1. The van der Waals surface area contributed by atoms with Crippen LogP contribution in [-0.4, -0.2) is 22.8 Å². The molecule has 2 aromatic rings. The molecule has 7 nitrogen and oxygen atoms in total. The van der Waals surface area contributed by atoms with Crippen molar-refractivity contribution in [2.45, 2.75) is 0 Å². The molecule has 0 radical (unpaired) electrons. The third kappa shape index (κ3) is 3.18. The minimum Gasteiger partial charge on any atom is -0.351 e. The van der Waals surface area contributed by atoms with Gasteiger partial charge in [0.25, 0.3) is 11.8 Å². The Morgan fingerprint density at radius 2 is 1.80 bits per heavy atom. The van der Waals surface area contributed by atoms with Crippen LogP contribution in [-0.2, 0) is 0 Å². The minimum atomic E-state index is -0.951. The van der Waals surface area contributed by atoms with Crippen LogP contribution in [0, 0.1) is 0 Å². The number of anilines is 1. The van der Waals surface area contributed by atoms with E-state index < -0.39 is 11.9 Å². The van der Waals surface area contributed by atoms with E-state index in [9.17, 15) is 14.4 Å². The first-order chi connectivity index (χ1) is 9.58. The summed E-state index contributed by atoms with van der Waals surface area (Å²) in [5.41, 5.74) is 5.47. The van der Waals surface area contributed by atoms with Crippen LogP contribution in [0.1, 0.15) is 20.7 Å². The number of hydrogen-bond donors (Lipinski definition) is 3. The first kappa shape index (κ1) is 13.7. The largest absolute Gasteiger partial charge is 0.351 e. The number of nitrogens with one attached hydrogen (secondary N) is 2. The third-order valence-corrected chi connectivity index (χ3v) is 3.15. The Kier molecular flexibility index (Phi) is 4.06. The van der Waals surface area contributed by atoms with Crippen molar-refractivity contribution in [3.05, 3.63) is 47.1 Å². The summed E-state index contributed by atoms with van der Waals surface area (Å²) >= 11 is 1.17. The van der Waals surface area contributed by atoms with Gasteiger partial charge in [0.2, 0.25) is 0 Å². The highest BCUT2D eigenvalue weighted by atomic mass is 32.1. The number of hydrogen-bond acceptors (Lipinski definition) is 5. The van der Waals surface area contributed by atoms with Crippen molar-refractivity contribution in [1.29, 1.82) is 0 Å². The number of carbonyl (C=O) groups excluding carboxylic acids is 3. The molecule has 2 rings (SSSR count). The Balaban J connectivity index is 2.15. The van der Waals surface area contributed by atoms with Crippen molar-refractivity contribution in [2.24, 2.45) is 5.73 Å². The molecule has 4 N–H and O–H groups in total. The number of primary amides is 1. The molecule has 4 amide bonds. The van der Waals surface area contributed by atoms with Crippen molar-refractivity contribution in [2.75, 3.05) is 5.32 Å². The monoisotopic (exact) mass is 290 g/mol. The standard InChI is InChI=1S/C12H10N4O3S/c13-12(19)16-10(18)8-3-6-20-11(8)15-9(17)7-1-4-14-5-2-7/h1-6H,(H,15,17)(H3,13,16,18,19). The summed E-state index contributed by atoms with van der Waals surface area (Å²) in [7, 11) is 0. The second-order valence-corrected chi connectivity index (χ2v) is 4.59. The van der Waals surface area contributed by atoms with Crippen molar-refractivity contribution in [3.8, 4) is 0 Å². The van der Waals surface area contributed by atoms with E-state index in [1.165, 1.54) is 29.8 Å². The van der Waals surface area contributed by atoms with Gasteiger partial charge in [0.05, 0.1) is 5.56 Å². The summed E-state index contributed by atoms with van der Waals surface area (Å²) in [6.45, 7) is 0. The molecule has 0 aliphatic heterocycles. The van der Waals surface area contributed by atoms with Crippen molar-refractivity contribution in [3.63, 3.8) is 0 Å². The van der Waals surface area contributed by atoms with E-state index in [4.69, 9.17) is 5.73 Å². The second kappa shape index (κ2) is 5.93. The molecular weight excluding hydrogens is 280 g/mol. The molecule has 8 heteroatoms. The molecule has 0 aliphatic carbocycles. The minimum absolute atomic E-state index is 0.177. The average molecular weight is 290 g/mol. The van der Waals surface area contributed by atoms with Crippen LogP contribution in [0.3, 0.4) is 0 Å². The van der Waals surface area contributed by atoms with Gasteiger partial charge in [-0.15, -0.1) is 11.3 Å². The fraction of sp³-hybridized carbons (Fsp3) is 0. The van der Waals surface area contributed by atoms with Gasteiger partial charge in [-0.1, -0.05) is 0 Å². The molecule has 0 fully saturated rings. The molecule has 102 valence electrons. The quantitative estimate of drug-likeness (QED) is 0.788. The van der Waals surface area contributed by atoms with Gasteiger partial charge in [-0.25, -0.2) is 4.79 Å². The normalized spacial score (nSPS) is 9.80. The molecule has 0 saturated heterocycles. The van der Waals surface area contributed by atoms with E-state index in [2.05, 4.69) is 10.3 Å². The van der Waals surface area contributed by atoms with E-state index in [1.54, 1.807) is 17.5 Å². The second-order valence-electron chi connectivity index (χ2n) is 3.67. The molecule has 0 aromatic carbocycles. The van der Waals surface area contributed by atoms with Crippen LogP contribution in [0.5, 0.6) is 0 Å². The number of aromatic nitrogens is 1. The van der Waals surface area contributed by atoms with Gasteiger partial charge in [-0.3, -0.25) is 19.9 Å². The van der Waals surface area contributed by atoms with Gasteiger partial charge in [-0.05, 0) is 23.6 Å². The number of imide groups is 1. The smallest absolute Gasteiger partial charge is 0.319 e. The molecule has 0 atom stereocenters. The number of nitrogens with zero attached hydrogens (tertiary/aromatic N) is 1. The van der Waals surface area contributed by atoms with Gasteiger partial charge < -0.3 is 11.1 Å². The predicted octanol–water partition coefficient (Wildman–Crippen LogP) is 1.20. The van der Waals surface area contributed by atoms with E-state index >= 15 is 0 Å². The zero-order valence-corrected chi connectivity index (χ0v) is 10.9. The average Bonchev–Trinajstić information content (AvgIpc) is 2.87. The number of pyridine rings is 1. The maximum Gasteiger partial charge on any atom is 0.319 e. The Bertz CT molecular complexity index is 654. The SMILES string of the molecule is NC(=O)NC(=O)c1ccsc1NC(=O)c1ccncc1. The molecule has 2 heterocycles. The molecule has 2 aromatic heterocycles. The van der Waals surface area contributed by atoms with E-state index in [0.717, 1.165) is 0 Å². The molecular formula is C12H10N4O3S. The Hall–Kier alpha value is -2.74. The number of amides is 4. The van der Waals surface area contributed by atoms with Gasteiger partial charge in [0.1, 0.15) is 5.00 Å². The summed E-state index contributed by atoms with van der Waals surface area (Å²) in [4.78, 5) is 38.1. The van der Waals surface area contributed by atoms with Crippen LogP contribution in [0.15, 0.2) is 36.0 Å². The first-order valence-corrected chi connectivity index (χ1v) is 6.35. The lowest BCUT2D eigenvalue weighted by molar-refractivity contribution is 0.0967. The van der Waals surface area contributed by atoms with Crippen molar-refractivity contribution in [1.82, 2.24) is 10.3 Å². The van der Waals surface area contributed by atoms with Crippen LogP contribution >= 0.6 is 11.3 Å². The van der Waals surface area contributed by atoms with Crippen LogP contribution in [0.25, 0.3) is 0 Å². The van der Waals surface area contributed by atoms with E-state index in [1.807, 2.05) is 5.32 Å². The highest BCUT2D eigenvalue weighted by Gasteiger charge is 2.16. The fourth-order valence-corrected chi connectivity index (χ4v) is 2.22. The zero-order chi connectivity index (χ0) is 14.5. The third-order valence-electron chi connectivity index (χ3n) is 2.32. The lowest BCUT2D eigenvalue weighted by atomic mass is 10.2. The lowest BCUT2D eigenvalue weighted by Gasteiger charge is -2.05. The molecule has 0 bridgehead atoms. The van der Waals surface area contributed by atoms with Gasteiger partial charge in [0, 0.05) is 18.0 Å². The zero-order valence-electron chi connectivity index (χ0n) is 10.1. The van der Waals surface area contributed by atoms with Gasteiger partial charge >= 0.3 is 6.03 Å². The number of rotatable bonds is 3. The molecule has 0 saturated carbocycles. The first-order valence-electron chi connectivity index (χ1n) is 5.47. The van der Waals surface area contributed by atoms with Crippen LogP contribution in [0.4, 0.5) is 9.80 Å².